The summed E-state index contributed by atoms with van der Waals surface area (Å²) in [6.07, 6.45) is 5.29. The number of aromatic nitrogens is 3. The number of hydrogen-bond acceptors (Lipinski definition) is 6. The highest BCUT2D eigenvalue weighted by Gasteiger charge is 2.18. The Morgan fingerprint density at radius 3 is 2.22 bits per heavy atom. The lowest BCUT2D eigenvalue weighted by atomic mass is 10.0. The van der Waals surface area contributed by atoms with Crippen LogP contribution in [-0.2, 0) is 13.0 Å². The Labute approximate surface area is 213 Å². The second kappa shape index (κ2) is 13.7. The van der Waals surface area contributed by atoms with Crippen molar-refractivity contribution in [3.05, 3.63) is 95.2 Å². The molecule has 0 amide bonds. The average molecular weight is 503 g/mol. The standard InChI is InChI=1S/C9H13N3.C9H7N.C9H6O6/c1-3-9-11-8(2)7-12(9)6-4-5-10;1-2-6-9-8(4-1)5-3-7-10-9;10-7(11)4-1-2-5(8(12)13)6(3-4)9(14)15/h7H,3-4,6H2,1-2H3;1-7H;1-3H,(H,10,11)(H,12,13)(H,14,15). The van der Waals surface area contributed by atoms with Gasteiger partial charge in [0.2, 0.25) is 0 Å². The molecule has 2 heterocycles. The SMILES string of the molecule is CCc1nc(C)cn1CCC#N.O=C(O)c1ccc(C(=O)O)c(C(=O)O)c1.c1ccc2ncccc2c1. The Kier molecular flexibility index (Phi) is 10.5. The van der Waals surface area contributed by atoms with Crippen LogP contribution in [0.2, 0.25) is 0 Å². The molecule has 0 aliphatic heterocycles. The predicted molar refractivity (Wildman–Crippen MR) is 136 cm³/mol. The molecule has 190 valence electrons. The van der Waals surface area contributed by atoms with Gasteiger partial charge in [0.1, 0.15) is 5.82 Å². The number of pyridine rings is 1. The van der Waals surface area contributed by atoms with Gasteiger partial charge in [-0.1, -0.05) is 31.2 Å². The van der Waals surface area contributed by atoms with Gasteiger partial charge in [0.15, 0.2) is 0 Å². The quantitative estimate of drug-likeness (QED) is 0.339. The summed E-state index contributed by atoms with van der Waals surface area (Å²) in [6.45, 7) is 4.81. The lowest BCUT2D eigenvalue weighted by molar-refractivity contribution is 0.0649. The summed E-state index contributed by atoms with van der Waals surface area (Å²) < 4.78 is 2.05. The Bertz CT molecular complexity index is 1370. The highest BCUT2D eigenvalue weighted by Crippen LogP contribution is 2.13. The highest BCUT2D eigenvalue weighted by atomic mass is 16.4. The summed E-state index contributed by atoms with van der Waals surface area (Å²) in [5.41, 5.74) is 0.849. The summed E-state index contributed by atoms with van der Waals surface area (Å²) in [6, 6.07) is 17.0. The van der Waals surface area contributed by atoms with E-state index < -0.39 is 29.0 Å². The summed E-state index contributed by atoms with van der Waals surface area (Å²) in [4.78, 5) is 40.3. The van der Waals surface area contributed by atoms with Crippen LogP contribution in [0.1, 0.15) is 55.9 Å². The molecule has 2 aromatic heterocycles. The second-order valence-electron chi connectivity index (χ2n) is 7.63. The summed E-state index contributed by atoms with van der Waals surface area (Å²) >= 11 is 0. The second-order valence-corrected chi connectivity index (χ2v) is 7.63. The number of rotatable bonds is 6. The van der Waals surface area contributed by atoms with Crippen LogP contribution in [0.25, 0.3) is 10.9 Å². The molecule has 10 heteroatoms. The minimum Gasteiger partial charge on any atom is -0.478 e. The Balaban J connectivity index is 0.000000199. The van der Waals surface area contributed by atoms with Crippen molar-refractivity contribution in [2.24, 2.45) is 0 Å². The van der Waals surface area contributed by atoms with Gasteiger partial charge in [-0.05, 0) is 37.3 Å². The van der Waals surface area contributed by atoms with Gasteiger partial charge in [-0.3, -0.25) is 4.98 Å². The fourth-order valence-electron chi connectivity index (χ4n) is 3.30. The number of fused-ring (bicyclic) bond motifs is 1. The van der Waals surface area contributed by atoms with Crippen LogP contribution in [0.5, 0.6) is 0 Å². The number of imidazole rings is 1. The zero-order valence-electron chi connectivity index (χ0n) is 20.3. The highest BCUT2D eigenvalue weighted by molar-refractivity contribution is 6.03. The van der Waals surface area contributed by atoms with Crippen LogP contribution < -0.4 is 0 Å². The van der Waals surface area contributed by atoms with Crippen molar-refractivity contribution < 1.29 is 29.7 Å². The van der Waals surface area contributed by atoms with E-state index in [1.807, 2.05) is 43.6 Å². The number of carboxylic acids is 3. The molecule has 0 fully saturated rings. The van der Waals surface area contributed by atoms with Crippen LogP contribution in [0.3, 0.4) is 0 Å². The van der Waals surface area contributed by atoms with Gasteiger partial charge in [0.05, 0.1) is 40.4 Å². The van der Waals surface area contributed by atoms with E-state index in [0.717, 1.165) is 48.2 Å². The van der Waals surface area contributed by atoms with E-state index in [4.69, 9.17) is 20.6 Å². The van der Waals surface area contributed by atoms with E-state index in [-0.39, 0.29) is 5.56 Å². The van der Waals surface area contributed by atoms with Gasteiger partial charge in [-0.15, -0.1) is 0 Å². The van der Waals surface area contributed by atoms with E-state index in [1.54, 1.807) is 0 Å². The fraction of sp³-hybridized carbons (Fsp3) is 0.185. The first-order valence-electron chi connectivity index (χ1n) is 11.2. The zero-order valence-corrected chi connectivity index (χ0v) is 20.3. The molecule has 4 rings (SSSR count). The van der Waals surface area contributed by atoms with Crippen LogP contribution in [0, 0.1) is 18.3 Å². The third-order valence-electron chi connectivity index (χ3n) is 5.00. The summed E-state index contributed by atoms with van der Waals surface area (Å²) in [5.74, 6) is -3.13. The maximum atomic E-state index is 10.6. The van der Waals surface area contributed by atoms with Crippen molar-refractivity contribution in [3.63, 3.8) is 0 Å². The topological polar surface area (TPSA) is 166 Å². The molecule has 0 unspecified atom stereocenters. The van der Waals surface area contributed by atoms with Crippen molar-refractivity contribution in [2.45, 2.75) is 33.2 Å². The molecule has 3 N–H and O–H groups in total. The molecule has 10 nitrogen and oxygen atoms in total. The minimum absolute atomic E-state index is 0.266. The van der Waals surface area contributed by atoms with Crippen molar-refractivity contribution in [3.8, 4) is 6.07 Å². The number of carboxylic acid groups (broad SMARTS) is 3. The first-order valence-corrected chi connectivity index (χ1v) is 11.2. The van der Waals surface area contributed by atoms with Crippen molar-refractivity contribution in [2.75, 3.05) is 0 Å². The van der Waals surface area contributed by atoms with Gasteiger partial charge < -0.3 is 19.9 Å². The Morgan fingerprint density at radius 2 is 1.62 bits per heavy atom. The van der Waals surface area contributed by atoms with E-state index in [1.165, 1.54) is 5.39 Å². The van der Waals surface area contributed by atoms with Crippen molar-refractivity contribution in [1.29, 1.82) is 5.26 Å². The third-order valence-corrected chi connectivity index (χ3v) is 5.00. The predicted octanol–water partition coefficient (Wildman–Crippen LogP) is 4.68. The van der Waals surface area contributed by atoms with Gasteiger partial charge in [0.25, 0.3) is 0 Å². The van der Waals surface area contributed by atoms with Crippen LogP contribution in [0.4, 0.5) is 0 Å². The Morgan fingerprint density at radius 1 is 0.946 bits per heavy atom. The smallest absolute Gasteiger partial charge is 0.336 e. The maximum absolute atomic E-state index is 10.6. The number of para-hydroxylation sites is 1. The first-order chi connectivity index (χ1) is 17.7. The van der Waals surface area contributed by atoms with Gasteiger partial charge in [0, 0.05) is 30.7 Å². The van der Waals surface area contributed by atoms with Gasteiger partial charge >= 0.3 is 17.9 Å². The Hall–Kier alpha value is -5.04. The number of nitriles is 1. The fourth-order valence-corrected chi connectivity index (χ4v) is 3.30. The van der Waals surface area contributed by atoms with Crippen LogP contribution in [-0.4, -0.2) is 47.8 Å². The molecule has 0 aliphatic carbocycles. The first kappa shape index (κ1) is 28.2. The molecule has 0 bridgehead atoms. The summed E-state index contributed by atoms with van der Waals surface area (Å²) in [5, 5.41) is 35.5. The molecule has 0 saturated carbocycles. The third kappa shape index (κ3) is 8.29. The molecule has 0 atom stereocenters. The number of hydrogen-bond donors (Lipinski definition) is 3. The van der Waals surface area contributed by atoms with E-state index >= 15 is 0 Å². The van der Waals surface area contributed by atoms with Gasteiger partial charge in [-0.25, -0.2) is 19.4 Å². The monoisotopic (exact) mass is 502 g/mol. The maximum Gasteiger partial charge on any atom is 0.336 e. The number of benzene rings is 2. The normalized spacial score (nSPS) is 9.76. The molecule has 37 heavy (non-hydrogen) atoms. The van der Waals surface area contributed by atoms with Crippen LogP contribution in [0.15, 0.2) is 67.0 Å². The van der Waals surface area contributed by atoms with Gasteiger partial charge in [-0.2, -0.15) is 5.26 Å². The number of carbonyl (C=O) groups is 3. The lowest BCUT2D eigenvalue weighted by Gasteiger charge is -2.02. The average Bonchev–Trinajstić information content (AvgIpc) is 3.27. The molecular formula is C27H26N4O6. The molecule has 0 aliphatic rings. The number of aryl methyl sites for hydroxylation is 3. The largest absolute Gasteiger partial charge is 0.478 e. The zero-order chi connectivity index (χ0) is 27.4. The van der Waals surface area contributed by atoms with E-state index in [2.05, 4.69) is 39.7 Å². The molecule has 4 aromatic rings. The molecular weight excluding hydrogens is 476 g/mol. The summed E-state index contributed by atoms with van der Waals surface area (Å²) in [7, 11) is 0. The lowest BCUT2D eigenvalue weighted by Crippen LogP contribution is -2.10. The molecule has 0 saturated heterocycles. The van der Waals surface area contributed by atoms with E-state index in [0.29, 0.717) is 6.42 Å². The molecule has 0 spiro atoms. The van der Waals surface area contributed by atoms with Crippen molar-refractivity contribution >= 4 is 28.8 Å². The molecule has 2 aromatic carbocycles. The van der Waals surface area contributed by atoms with Crippen molar-refractivity contribution in [1.82, 2.24) is 14.5 Å². The number of nitrogens with zero attached hydrogens (tertiary/aromatic N) is 4. The van der Waals surface area contributed by atoms with Crippen LogP contribution >= 0.6 is 0 Å². The number of aromatic carboxylic acids is 3. The minimum atomic E-state index is -1.48. The molecule has 0 radical (unpaired) electrons. The van der Waals surface area contributed by atoms with E-state index in [9.17, 15) is 14.4 Å².